The summed E-state index contributed by atoms with van der Waals surface area (Å²) >= 11 is 3.47. The Labute approximate surface area is 149 Å². The Hall–Kier alpha value is -2.14. The van der Waals surface area contributed by atoms with Crippen LogP contribution in [0.2, 0.25) is 0 Å². The topological polar surface area (TPSA) is 74.6 Å². The van der Waals surface area contributed by atoms with Gasteiger partial charge in [-0.2, -0.15) is 0 Å². The van der Waals surface area contributed by atoms with Gasteiger partial charge in [0.1, 0.15) is 0 Å². The van der Waals surface area contributed by atoms with Crippen LogP contribution in [0.5, 0.6) is 0 Å². The Kier molecular flexibility index (Phi) is 6.15. The zero-order valence-corrected chi connectivity index (χ0v) is 15.0. The summed E-state index contributed by atoms with van der Waals surface area (Å²) in [5, 5.41) is 19.3. The molecule has 2 aromatic carbocycles. The van der Waals surface area contributed by atoms with Crippen molar-refractivity contribution in [3.8, 4) is 0 Å². The summed E-state index contributed by atoms with van der Waals surface area (Å²) in [6.45, 7) is 2.10. The van der Waals surface area contributed by atoms with E-state index in [2.05, 4.69) is 28.9 Å². The maximum Gasteiger partial charge on any atom is 0.336 e. The minimum atomic E-state index is -1.13. The van der Waals surface area contributed by atoms with Crippen molar-refractivity contribution in [3.63, 3.8) is 0 Å². The maximum atomic E-state index is 11.5. The average molecular weight is 391 g/mol. The lowest BCUT2D eigenvalue weighted by Gasteiger charge is -2.15. The predicted molar refractivity (Wildman–Crippen MR) is 96.5 cm³/mol. The highest BCUT2D eigenvalue weighted by Gasteiger charge is 2.16. The zero-order chi connectivity index (χ0) is 17.7. The van der Waals surface area contributed by atoms with Crippen LogP contribution in [0.15, 0.2) is 36.4 Å². The third-order valence-electron chi connectivity index (χ3n) is 4.06. The first-order valence-corrected chi connectivity index (χ1v) is 8.85. The molecule has 0 amide bonds. The lowest BCUT2D eigenvalue weighted by molar-refractivity contribution is 0.0695. The normalized spacial score (nSPS) is 10.6. The van der Waals surface area contributed by atoms with Crippen molar-refractivity contribution in [3.05, 3.63) is 69.8 Å². The van der Waals surface area contributed by atoms with Gasteiger partial charge in [-0.3, -0.25) is 0 Å². The van der Waals surface area contributed by atoms with Crippen LogP contribution in [0, 0.1) is 0 Å². The quantitative estimate of drug-likeness (QED) is 0.695. The van der Waals surface area contributed by atoms with E-state index in [9.17, 15) is 14.7 Å². The van der Waals surface area contributed by atoms with Gasteiger partial charge in [-0.15, -0.1) is 0 Å². The van der Waals surface area contributed by atoms with E-state index in [0.717, 1.165) is 23.7 Å². The molecule has 0 unspecified atom stereocenters. The summed E-state index contributed by atoms with van der Waals surface area (Å²) in [5.74, 6) is -2.24. The number of carbonyl (C=O) groups is 2. The third kappa shape index (κ3) is 4.03. The van der Waals surface area contributed by atoms with Crippen molar-refractivity contribution in [2.24, 2.45) is 0 Å². The van der Waals surface area contributed by atoms with Crippen molar-refractivity contribution in [2.75, 3.05) is 5.33 Å². The molecule has 0 aliphatic heterocycles. The molecule has 0 radical (unpaired) electrons. The number of aryl methyl sites for hydroxylation is 1. The molecule has 0 fully saturated rings. The molecule has 24 heavy (non-hydrogen) atoms. The lowest BCUT2D eigenvalue weighted by Crippen LogP contribution is -2.08. The highest BCUT2D eigenvalue weighted by atomic mass is 79.9. The largest absolute Gasteiger partial charge is 0.478 e. The van der Waals surface area contributed by atoms with Crippen LogP contribution in [-0.4, -0.2) is 27.5 Å². The Balaban J connectivity index is 2.48. The molecule has 0 atom stereocenters. The standard InChI is InChI=1S/C19H19BrO4/c1-2-12-4-3-5-13(16(12)8-9-20)10-14-6-7-15(18(21)22)11-17(14)19(23)24/h3-7,11H,2,8-10H2,1H3,(H,21,22)(H,23,24). The second-order valence-corrected chi connectivity index (χ2v) is 6.30. The van der Waals surface area contributed by atoms with Gasteiger partial charge in [0, 0.05) is 5.33 Å². The molecule has 0 heterocycles. The van der Waals surface area contributed by atoms with E-state index in [1.165, 1.54) is 23.3 Å². The second kappa shape index (κ2) is 8.11. The van der Waals surface area contributed by atoms with Gasteiger partial charge < -0.3 is 10.2 Å². The van der Waals surface area contributed by atoms with Gasteiger partial charge in [0.2, 0.25) is 0 Å². The van der Waals surface area contributed by atoms with Crippen molar-refractivity contribution in [1.29, 1.82) is 0 Å². The van der Waals surface area contributed by atoms with Crippen LogP contribution in [0.1, 0.15) is 49.9 Å². The smallest absolute Gasteiger partial charge is 0.336 e. The zero-order valence-electron chi connectivity index (χ0n) is 13.4. The first kappa shape index (κ1) is 18.2. The molecule has 126 valence electrons. The number of halogens is 1. The third-order valence-corrected chi connectivity index (χ3v) is 4.46. The fraction of sp³-hybridized carbons (Fsp3) is 0.263. The number of aromatic carboxylic acids is 2. The van der Waals surface area contributed by atoms with Crippen molar-refractivity contribution < 1.29 is 19.8 Å². The highest BCUT2D eigenvalue weighted by molar-refractivity contribution is 9.09. The fourth-order valence-corrected chi connectivity index (χ4v) is 3.26. The summed E-state index contributed by atoms with van der Waals surface area (Å²) in [6, 6.07) is 10.4. The Morgan fingerprint density at radius 2 is 1.71 bits per heavy atom. The van der Waals surface area contributed by atoms with Crippen LogP contribution in [0.25, 0.3) is 0 Å². The van der Waals surface area contributed by atoms with Crippen LogP contribution >= 0.6 is 15.9 Å². The van der Waals surface area contributed by atoms with Crippen LogP contribution in [0.4, 0.5) is 0 Å². The molecule has 4 nitrogen and oxygen atoms in total. The monoisotopic (exact) mass is 390 g/mol. The molecule has 5 heteroatoms. The number of benzene rings is 2. The minimum absolute atomic E-state index is 0.0147. The SMILES string of the molecule is CCc1cccc(Cc2ccc(C(=O)O)cc2C(=O)O)c1CCBr. The van der Waals surface area contributed by atoms with Gasteiger partial charge in [-0.25, -0.2) is 9.59 Å². The summed E-state index contributed by atoms with van der Waals surface area (Å²) in [5.41, 5.74) is 4.22. The number of carboxylic acid groups (broad SMARTS) is 2. The molecular formula is C19H19BrO4. The van der Waals surface area contributed by atoms with E-state index >= 15 is 0 Å². The molecule has 2 rings (SSSR count). The van der Waals surface area contributed by atoms with Gasteiger partial charge in [0.15, 0.2) is 0 Å². The number of carboxylic acids is 2. The average Bonchev–Trinajstić information content (AvgIpc) is 2.56. The molecule has 0 aliphatic carbocycles. The first-order valence-electron chi connectivity index (χ1n) is 7.73. The molecular weight excluding hydrogens is 372 g/mol. The van der Waals surface area contributed by atoms with Gasteiger partial charge in [-0.1, -0.05) is 47.1 Å². The van der Waals surface area contributed by atoms with E-state index in [4.69, 9.17) is 5.11 Å². The Morgan fingerprint density at radius 3 is 2.29 bits per heavy atom. The van der Waals surface area contributed by atoms with E-state index in [0.29, 0.717) is 12.0 Å². The molecule has 0 saturated carbocycles. The van der Waals surface area contributed by atoms with Crippen molar-refractivity contribution in [1.82, 2.24) is 0 Å². The molecule has 0 saturated heterocycles. The molecule has 0 spiro atoms. The van der Waals surface area contributed by atoms with Gasteiger partial charge in [0.25, 0.3) is 0 Å². The number of hydrogen-bond donors (Lipinski definition) is 2. The Bertz CT molecular complexity index is 768. The summed E-state index contributed by atoms with van der Waals surface area (Å²) < 4.78 is 0. The number of hydrogen-bond acceptors (Lipinski definition) is 2. The van der Waals surface area contributed by atoms with Crippen LogP contribution in [-0.2, 0) is 19.3 Å². The predicted octanol–water partition coefficient (Wildman–Crippen LogP) is 4.17. The molecule has 0 bridgehead atoms. The van der Waals surface area contributed by atoms with Gasteiger partial charge in [-0.05, 0) is 53.6 Å². The maximum absolute atomic E-state index is 11.5. The summed E-state index contributed by atoms with van der Waals surface area (Å²) in [6.07, 6.45) is 2.26. The van der Waals surface area contributed by atoms with Crippen molar-refractivity contribution >= 4 is 27.9 Å². The summed E-state index contributed by atoms with van der Waals surface area (Å²) in [4.78, 5) is 22.6. The number of rotatable bonds is 7. The lowest BCUT2D eigenvalue weighted by atomic mass is 9.91. The van der Waals surface area contributed by atoms with E-state index in [1.54, 1.807) is 6.07 Å². The van der Waals surface area contributed by atoms with Gasteiger partial charge >= 0.3 is 11.9 Å². The van der Waals surface area contributed by atoms with Gasteiger partial charge in [0.05, 0.1) is 11.1 Å². The second-order valence-electron chi connectivity index (χ2n) is 5.51. The van der Waals surface area contributed by atoms with Crippen LogP contribution < -0.4 is 0 Å². The molecule has 2 aromatic rings. The molecule has 0 aromatic heterocycles. The first-order chi connectivity index (χ1) is 11.5. The Morgan fingerprint density at radius 1 is 1.00 bits per heavy atom. The van der Waals surface area contributed by atoms with Crippen molar-refractivity contribution in [2.45, 2.75) is 26.2 Å². The summed E-state index contributed by atoms with van der Waals surface area (Å²) in [7, 11) is 0. The fourth-order valence-electron chi connectivity index (χ4n) is 2.87. The highest BCUT2D eigenvalue weighted by Crippen LogP contribution is 2.23. The van der Waals surface area contributed by atoms with E-state index in [1.807, 2.05) is 12.1 Å². The minimum Gasteiger partial charge on any atom is -0.478 e. The van der Waals surface area contributed by atoms with E-state index < -0.39 is 11.9 Å². The van der Waals surface area contributed by atoms with E-state index in [-0.39, 0.29) is 11.1 Å². The molecule has 2 N–H and O–H groups in total. The van der Waals surface area contributed by atoms with Crippen LogP contribution in [0.3, 0.4) is 0 Å². The molecule has 0 aliphatic rings. The number of alkyl halides is 1.